The molecule has 3 heteroatoms. The molecule has 0 aromatic rings. The zero-order chi connectivity index (χ0) is 13.8. The number of carbonyl (C=O) groups excluding carboxylic acids is 1. The van der Waals surface area contributed by atoms with Gasteiger partial charge in [0.2, 0.25) is 0 Å². The van der Waals surface area contributed by atoms with Gasteiger partial charge in [-0.2, -0.15) is 0 Å². The molecule has 0 spiro atoms. The van der Waals surface area contributed by atoms with E-state index in [1.165, 1.54) is 5.57 Å². The van der Waals surface area contributed by atoms with Crippen molar-refractivity contribution in [1.82, 2.24) is 0 Å². The summed E-state index contributed by atoms with van der Waals surface area (Å²) in [7, 11) is 0. The lowest BCUT2D eigenvalue weighted by Gasteiger charge is -2.28. The standard InChI is InChI=1S/C16H24O3/c1-11(2)14-9-13(12(3)15(17)10-14)5-6-16-18-7-4-8-19-16/h14,16H,1,4-10H2,2-3H3/t14-/m0/s1. The van der Waals surface area contributed by atoms with Crippen LogP contribution in [-0.4, -0.2) is 25.3 Å². The molecule has 1 saturated heterocycles. The van der Waals surface area contributed by atoms with Gasteiger partial charge in [0.1, 0.15) is 0 Å². The van der Waals surface area contributed by atoms with Crippen molar-refractivity contribution < 1.29 is 14.3 Å². The highest BCUT2D eigenvalue weighted by Crippen LogP contribution is 2.33. The molecule has 19 heavy (non-hydrogen) atoms. The SMILES string of the molecule is C=C(C)[C@@H]1CC(=O)C(C)=C(CCC2OCCCO2)C1. The van der Waals surface area contributed by atoms with Gasteiger partial charge in [0.15, 0.2) is 12.1 Å². The Labute approximate surface area is 115 Å². The minimum atomic E-state index is -0.0886. The van der Waals surface area contributed by atoms with Crippen LogP contribution in [0.15, 0.2) is 23.3 Å². The normalized spacial score (nSPS) is 25.8. The van der Waals surface area contributed by atoms with Crippen LogP contribution in [0.4, 0.5) is 0 Å². The molecule has 0 radical (unpaired) electrons. The largest absolute Gasteiger partial charge is 0.353 e. The molecule has 0 unspecified atom stereocenters. The molecule has 0 saturated carbocycles. The molecule has 0 bridgehead atoms. The van der Waals surface area contributed by atoms with Crippen molar-refractivity contribution in [2.24, 2.45) is 5.92 Å². The average molecular weight is 264 g/mol. The molecule has 106 valence electrons. The highest BCUT2D eigenvalue weighted by atomic mass is 16.7. The monoisotopic (exact) mass is 264 g/mol. The molecule has 0 N–H and O–H groups in total. The van der Waals surface area contributed by atoms with E-state index >= 15 is 0 Å². The topological polar surface area (TPSA) is 35.5 Å². The maximum atomic E-state index is 12.0. The van der Waals surface area contributed by atoms with Crippen molar-refractivity contribution in [1.29, 1.82) is 0 Å². The summed E-state index contributed by atoms with van der Waals surface area (Å²) in [5.74, 6) is 0.596. The van der Waals surface area contributed by atoms with Gasteiger partial charge in [0, 0.05) is 12.8 Å². The van der Waals surface area contributed by atoms with Gasteiger partial charge in [-0.3, -0.25) is 4.79 Å². The third-order valence-corrected chi connectivity index (χ3v) is 4.15. The zero-order valence-corrected chi connectivity index (χ0v) is 12.0. The Balaban J connectivity index is 1.94. The van der Waals surface area contributed by atoms with Crippen LogP contribution in [0.5, 0.6) is 0 Å². The number of hydrogen-bond acceptors (Lipinski definition) is 3. The smallest absolute Gasteiger partial charge is 0.159 e. The van der Waals surface area contributed by atoms with E-state index in [9.17, 15) is 4.79 Å². The molecular weight excluding hydrogens is 240 g/mol. The summed E-state index contributed by atoms with van der Waals surface area (Å²) in [5, 5.41) is 0. The average Bonchev–Trinajstić information content (AvgIpc) is 2.41. The van der Waals surface area contributed by atoms with E-state index in [1.807, 2.05) is 13.8 Å². The lowest BCUT2D eigenvalue weighted by molar-refractivity contribution is -0.180. The molecule has 0 aromatic heterocycles. The predicted octanol–water partition coefficient (Wildman–Crippen LogP) is 3.40. The summed E-state index contributed by atoms with van der Waals surface area (Å²) in [6.07, 6.45) is 4.23. The minimum absolute atomic E-state index is 0.0886. The van der Waals surface area contributed by atoms with Gasteiger partial charge >= 0.3 is 0 Å². The molecule has 3 nitrogen and oxygen atoms in total. The van der Waals surface area contributed by atoms with Crippen LogP contribution in [0.3, 0.4) is 0 Å². The van der Waals surface area contributed by atoms with E-state index in [2.05, 4.69) is 6.58 Å². The Morgan fingerprint density at radius 3 is 2.63 bits per heavy atom. The van der Waals surface area contributed by atoms with Gasteiger partial charge in [0.05, 0.1) is 13.2 Å². The van der Waals surface area contributed by atoms with E-state index in [4.69, 9.17) is 9.47 Å². The van der Waals surface area contributed by atoms with Crippen LogP contribution in [0.1, 0.15) is 46.0 Å². The van der Waals surface area contributed by atoms with Crippen LogP contribution in [0.25, 0.3) is 0 Å². The van der Waals surface area contributed by atoms with Gasteiger partial charge < -0.3 is 9.47 Å². The predicted molar refractivity (Wildman–Crippen MR) is 74.8 cm³/mol. The number of hydrogen-bond donors (Lipinski definition) is 0. The fourth-order valence-corrected chi connectivity index (χ4v) is 2.73. The number of Topliss-reactive ketones (excluding diaryl/α,β-unsaturated/α-hetero) is 1. The summed E-state index contributed by atoms with van der Waals surface area (Å²) in [4.78, 5) is 12.0. The molecule has 1 heterocycles. The second kappa shape index (κ2) is 6.49. The Kier molecular flexibility index (Phi) is 4.94. The number of ketones is 1. The number of allylic oxidation sites excluding steroid dienone is 3. The summed E-state index contributed by atoms with van der Waals surface area (Å²) in [6, 6.07) is 0. The highest BCUT2D eigenvalue weighted by molar-refractivity contribution is 5.96. The van der Waals surface area contributed by atoms with Gasteiger partial charge in [0.25, 0.3) is 0 Å². The fraction of sp³-hybridized carbons (Fsp3) is 0.688. The fourth-order valence-electron chi connectivity index (χ4n) is 2.73. The Morgan fingerprint density at radius 1 is 1.32 bits per heavy atom. The van der Waals surface area contributed by atoms with Crippen molar-refractivity contribution in [3.63, 3.8) is 0 Å². The van der Waals surface area contributed by atoms with Gasteiger partial charge in [-0.05, 0) is 44.6 Å². The van der Waals surface area contributed by atoms with E-state index in [0.717, 1.165) is 50.0 Å². The highest BCUT2D eigenvalue weighted by Gasteiger charge is 2.26. The number of rotatable bonds is 4. The minimum Gasteiger partial charge on any atom is -0.353 e. The second-order valence-electron chi connectivity index (χ2n) is 5.67. The van der Waals surface area contributed by atoms with Crippen molar-refractivity contribution in [2.75, 3.05) is 13.2 Å². The van der Waals surface area contributed by atoms with E-state index in [1.54, 1.807) is 0 Å². The molecule has 1 aliphatic carbocycles. The third kappa shape index (κ3) is 3.77. The second-order valence-corrected chi connectivity index (χ2v) is 5.67. The zero-order valence-electron chi connectivity index (χ0n) is 12.0. The van der Waals surface area contributed by atoms with E-state index < -0.39 is 0 Å². The lowest BCUT2D eigenvalue weighted by atomic mass is 9.79. The van der Waals surface area contributed by atoms with Crippen LogP contribution < -0.4 is 0 Å². The third-order valence-electron chi connectivity index (χ3n) is 4.15. The van der Waals surface area contributed by atoms with Crippen molar-refractivity contribution in [3.8, 4) is 0 Å². The first-order valence-electron chi connectivity index (χ1n) is 7.18. The maximum absolute atomic E-state index is 12.0. The molecule has 2 rings (SSSR count). The van der Waals surface area contributed by atoms with Crippen molar-refractivity contribution >= 4 is 5.78 Å². The summed E-state index contributed by atoms with van der Waals surface area (Å²) < 4.78 is 11.1. The van der Waals surface area contributed by atoms with Gasteiger partial charge in [-0.25, -0.2) is 0 Å². The summed E-state index contributed by atoms with van der Waals surface area (Å²) >= 11 is 0. The molecule has 0 amide bonds. The van der Waals surface area contributed by atoms with Crippen LogP contribution in [-0.2, 0) is 14.3 Å². The van der Waals surface area contributed by atoms with Crippen LogP contribution in [0.2, 0.25) is 0 Å². The lowest BCUT2D eigenvalue weighted by Crippen LogP contribution is -2.25. The molecule has 0 aromatic carbocycles. The van der Waals surface area contributed by atoms with E-state index in [-0.39, 0.29) is 12.1 Å². The first-order chi connectivity index (χ1) is 9.08. The number of ether oxygens (including phenoxy) is 2. The quantitative estimate of drug-likeness (QED) is 0.730. The summed E-state index contributed by atoms with van der Waals surface area (Å²) in [6.45, 7) is 9.54. The Bertz CT molecular complexity index is 389. The molecular formula is C16H24O3. The molecule has 1 fully saturated rings. The Hall–Kier alpha value is -0.930. The van der Waals surface area contributed by atoms with E-state index in [0.29, 0.717) is 12.3 Å². The summed E-state index contributed by atoms with van der Waals surface area (Å²) in [5.41, 5.74) is 3.33. The van der Waals surface area contributed by atoms with Crippen molar-refractivity contribution in [2.45, 2.75) is 52.2 Å². The maximum Gasteiger partial charge on any atom is 0.159 e. The van der Waals surface area contributed by atoms with Crippen molar-refractivity contribution in [3.05, 3.63) is 23.3 Å². The van der Waals surface area contributed by atoms with Crippen LogP contribution in [0, 0.1) is 5.92 Å². The van der Waals surface area contributed by atoms with Crippen LogP contribution >= 0.6 is 0 Å². The first kappa shape index (κ1) is 14.5. The first-order valence-corrected chi connectivity index (χ1v) is 7.18. The molecule has 1 aliphatic heterocycles. The Morgan fingerprint density at radius 2 is 2.00 bits per heavy atom. The molecule has 1 atom stereocenters. The molecule has 2 aliphatic rings. The van der Waals surface area contributed by atoms with Gasteiger partial charge in [-0.15, -0.1) is 0 Å². The number of carbonyl (C=O) groups is 1. The van der Waals surface area contributed by atoms with Gasteiger partial charge in [-0.1, -0.05) is 17.7 Å².